The predicted octanol–water partition coefficient (Wildman–Crippen LogP) is 1.59. The first-order chi connectivity index (χ1) is 15.5. The van der Waals surface area contributed by atoms with Gasteiger partial charge in [-0.15, -0.1) is 0 Å². The second-order valence-electron chi connectivity index (χ2n) is 9.90. The van der Waals surface area contributed by atoms with Crippen molar-refractivity contribution in [3.05, 3.63) is 59.2 Å². The van der Waals surface area contributed by atoms with Crippen LogP contribution in [0, 0.1) is 17.8 Å². The lowest BCUT2D eigenvalue weighted by Gasteiger charge is -2.19. The van der Waals surface area contributed by atoms with E-state index in [0.29, 0.717) is 43.0 Å². The van der Waals surface area contributed by atoms with Gasteiger partial charge in [0, 0.05) is 56.1 Å². The zero-order valence-electron chi connectivity index (χ0n) is 18.5. The standard InChI is InChI=1S/C26H33N3O3/c30-24(13-27-23-11-18-3-1-2-4-19(18)12-23)14-28-26(32)20-7-8-21-15-29(16-22(21)10-20)25(31)9-17-5-6-17/h1-4,7-8,10,17,21-24,27,30H,5-6,9,11-16H2,(H,28,32). The number of aliphatic hydroxyl groups excluding tert-OH is 1. The summed E-state index contributed by atoms with van der Waals surface area (Å²) in [6.45, 7) is 2.13. The molecule has 1 aliphatic heterocycles. The molecule has 3 aliphatic carbocycles. The van der Waals surface area contributed by atoms with E-state index in [-0.39, 0.29) is 24.3 Å². The number of hydrogen-bond acceptors (Lipinski definition) is 4. The largest absolute Gasteiger partial charge is 0.390 e. The number of rotatable bonds is 8. The van der Waals surface area contributed by atoms with E-state index in [1.54, 1.807) is 0 Å². The lowest BCUT2D eigenvalue weighted by Crippen LogP contribution is -2.42. The second-order valence-corrected chi connectivity index (χ2v) is 9.90. The smallest absolute Gasteiger partial charge is 0.251 e. The molecule has 3 N–H and O–H groups in total. The van der Waals surface area contributed by atoms with Crippen molar-refractivity contribution in [2.24, 2.45) is 17.8 Å². The number of aliphatic hydroxyl groups is 1. The van der Waals surface area contributed by atoms with Gasteiger partial charge in [-0.3, -0.25) is 9.59 Å². The van der Waals surface area contributed by atoms with Crippen LogP contribution >= 0.6 is 0 Å². The van der Waals surface area contributed by atoms with Gasteiger partial charge in [-0.25, -0.2) is 0 Å². The molecule has 3 atom stereocenters. The molecule has 1 saturated carbocycles. The summed E-state index contributed by atoms with van der Waals surface area (Å²) >= 11 is 0. The Balaban J connectivity index is 1.05. The highest BCUT2D eigenvalue weighted by Gasteiger charge is 2.36. The molecule has 0 aromatic heterocycles. The van der Waals surface area contributed by atoms with Crippen LogP contribution < -0.4 is 10.6 Å². The van der Waals surface area contributed by atoms with Crippen molar-refractivity contribution in [3.63, 3.8) is 0 Å². The summed E-state index contributed by atoms with van der Waals surface area (Å²) in [5, 5.41) is 16.6. The molecule has 0 spiro atoms. The van der Waals surface area contributed by atoms with Crippen LogP contribution in [0.25, 0.3) is 0 Å². The minimum atomic E-state index is -0.634. The maximum atomic E-state index is 12.6. The van der Waals surface area contributed by atoms with Crippen LogP contribution in [0.1, 0.15) is 30.4 Å². The first-order valence-corrected chi connectivity index (χ1v) is 12.0. The molecule has 2 amide bonds. The fourth-order valence-electron chi connectivity index (χ4n) is 5.19. The van der Waals surface area contributed by atoms with Gasteiger partial charge >= 0.3 is 0 Å². The number of hydrogen-bond donors (Lipinski definition) is 3. The third-order valence-corrected chi connectivity index (χ3v) is 7.30. The van der Waals surface area contributed by atoms with Crippen molar-refractivity contribution < 1.29 is 14.7 Å². The molecule has 0 radical (unpaired) electrons. The first kappa shape index (κ1) is 21.4. The third-order valence-electron chi connectivity index (χ3n) is 7.30. The van der Waals surface area contributed by atoms with Crippen molar-refractivity contribution in [3.8, 4) is 0 Å². The van der Waals surface area contributed by atoms with Crippen LogP contribution in [0.3, 0.4) is 0 Å². The second kappa shape index (κ2) is 9.20. The van der Waals surface area contributed by atoms with Gasteiger partial charge in [0.05, 0.1) is 6.10 Å². The molecule has 6 heteroatoms. The third kappa shape index (κ3) is 4.97. The van der Waals surface area contributed by atoms with Crippen molar-refractivity contribution in [1.29, 1.82) is 0 Å². The quantitative estimate of drug-likeness (QED) is 0.579. The Hall–Kier alpha value is -2.44. The normalized spacial score (nSPS) is 25.3. The van der Waals surface area contributed by atoms with Crippen molar-refractivity contribution >= 4 is 11.8 Å². The Morgan fingerprint density at radius 3 is 2.50 bits per heavy atom. The first-order valence-electron chi connectivity index (χ1n) is 12.0. The molecule has 4 aliphatic rings. The van der Waals surface area contributed by atoms with Crippen molar-refractivity contribution in [1.82, 2.24) is 15.5 Å². The fourth-order valence-corrected chi connectivity index (χ4v) is 5.19. The molecule has 1 saturated heterocycles. The minimum absolute atomic E-state index is 0.158. The Labute approximate surface area is 189 Å². The Morgan fingerprint density at radius 1 is 1.06 bits per heavy atom. The Morgan fingerprint density at radius 2 is 1.78 bits per heavy atom. The van der Waals surface area contributed by atoms with Crippen molar-refractivity contribution in [2.75, 3.05) is 26.2 Å². The highest BCUT2D eigenvalue weighted by atomic mass is 16.3. The molecule has 0 bridgehead atoms. The van der Waals surface area contributed by atoms with E-state index >= 15 is 0 Å². The molecule has 170 valence electrons. The minimum Gasteiger partial charge on any atom is -0.390 e. The molecule has 5 rings (SSSR count). The number of carbonyl (C=O) groups is 2. The molecule has 6 nitrogen and oxygen atoms in total. The van der Waals surface area contributed by atoms with E-state index in [4.69, 9.17) is 0 Å². The number of amides is 2. The van der Waals surface area contributed by atoms with Gasteiger partial charge in [0.2, 0.25) is 5.91 Å². The maximum Gasteiger partial charge on any atom is 0.251 e. The monoisotopic (exact) mass is 435 g/mol. The molecule has 1 aromatic carbocycles. The summed E-state index contributed by atoms with van der Waals surface area (Å²) in [6, 6.07) is 8.80. The van der Waals surface area contributed by atoms with Crippen LogP contribution in [0.4, 0.5) is 0 Å². The highest BCUT2D eigenvalue weighted by molar-refractivity contribution is 5.96. The van der Waals surface area contributed by atoms with Crippen LogP contribution in [0.5, 0.6) is 0 Å². The zero-order chi connectivity index (χ0) is 22.1. The van der Waals surface area contributed by atoms with Gasteiger partial charge in [-0.05, 0) is 42.7 Å². The SMILES string of the molecule is O=C(NCC(O)CNC1Cc2ccccc2C1)C1=CC2CN(C(=O)CC3CC3)CC2C=C1. The molecular formula is C26H33N3O3. The molecule has 3 unspecified atom stereocenters. The number of carbonyl (C=O) groups excluding carboxylic acids is 2. The van der Waals surface area contributed by atoms with E-state index < -0.39 is 6.10 Å². The molecule has 32 heavy (non-hydrogen) atoms. The van der Waals surface area contributed by atoms with Crippen LogP contribution in [0.2, 0.25) is 0 Å². The summed E-state index contributed by atoms with van der Waals surface area (Å²) in [5.41, 5.74) is 3.39. The van der Waals surface area contributed by atoms with Gasteiger partial charge < -0.3 is 20.6 Å². The molecule has 1 heterocycles. The summed E-state index contributed by atoms with van der Waals surface area (Å²) < 4.78 is 0. The van der Waals surface area contributed by atoms with Gasteiger partial charge in [-0.1, -0.05) is 42.5 Å². The number of nitrogens with zero attached hydrogens (tertiary/aromatic N) is 1. The lowest BCUT2D eigenvalue weighted by molar-refractivity contribution is -0.130. The average molecular weight is 436 g/mol. The van der Waals surface area contributed by atoms with E-state index in [9.17, 15) is 14.7 Å². The number of benzene rings is 1. The van der Waals surface area contributed by atoms with E-state index in [1.807, 2.05) is 17.1 Å². The summed E-state index contributed by atoms with van der Waals surface area (Å²) in [5.74, 6) is 1.22. The number of nitrogens with one attached hydrogen (secondary N) is 2. The van der Waals surface area contributed by atoms with Crippen molar-refractivity contribution in [2.45, 2.75) is 44.2 Å². The van der Waals surface area contributed by atoms with Gasteiger partial charge in [-0.2, -0.15) is 0 Å². The number of likely N-dealkylation sites (tertiary alicyclic amines) is 1. The van der Waals surface area contributed by atoms with Gasteiger partial charge in [0.15, 0.2) is 0 Å². The molecule has 1 aromatic rings. The highest BCUT2D eigenvalue weighted by Crippen LogP contribution is 2.35. The van der Waals surface area contributed by atoms with Crippen LogP contribution in [-0.4, -0.2) is 60.1 Å². The summed E-state index contributed by atoms with van der Waals surface area (Å²) in [7, 11) is 0. The lowest BCUT2D eigenvalue weighted by atomic mass is 9.88. The topological polar surface area (TPSA) is 81.7 Å². The van der Waals surface area contributed by atoms with E-state index in [2.05, 4.69) is 41.0 Å². The van der Waals surface area contributed by atoms with Crippen LogP contribution in [-0.2, 0) is 22.4 Å². The molecule has 2 fully saturated rings. The van der Waals surface area contributed by atoms with Gasteiger partial charge in [0.25, 0.3) is 5.91 Å². The van der Waals surface area contributed by atoms with E-state index in [1.165, 1.54) is 24.0 Å². The van der Waals surface area contributed by atoms with Crippen LogP contribution in [0.15, 0.2) is 48.1 Å². The van der Waals surface area contributed by atoms with E-state index in [0.717, 1.165) is 19.4 Å². The Bertz CT molecular complexity index is 911. The molecular weight excluding hydrogens is 402 g/mol. The van der Waals surface area contributed by atoms with Gasteiger partial charge in [0.1, 0.15) is 0 Å². The zero-order valence-corrected chi connectivity index (χ0v) is 18.5. The summed E-state index contributed by atoms with van der Waals surface area (Å²) in [4.78, 5) is 27.0. The maximum absolute atomic E-state index is 12.6. The predicted molar refractivity (Wildman–Crippen MR) is 123 cm³/mol. The number of fused-ring (bicyclic) bond motifs is 2. The summed E-state index contributed by atoms with van der Waals surface area (Å²) in [6.07, 6.45) is 10.3. The fraction of sp³-hybridized carbons (Fsp3) is 0.538. The Kier molecular flexibility index (Phi) is 6.15. The average Bonchev–Trinajstić information content (AvgIpc) is 3.35.